The monoisotopic (exact) mass is 289 g/mol. The van der Waals surface area contributed by atoms with E-state index in [0.29, 0.717) is 5.00 Å². The van der Waals surface area contributed by atoms with Crippen molar-refractivity contribution < 1.29 is 8.42 Å². The maximum Gasteiger partial charge on any atom is 0.187 e. The molecule has 5 nitrogen and oxygen atoms in total. The Morgan fingerprint density at radius 1 is 1.44 bits per heavy atom. The quantitative estimate of drug-likeness (QED) is 0.752. The van der Waals surface area contributed by atoms with Crippen LogP contribution in [0.15, 0.2) is 4.90 Å². The first kappa shape index (κ1) is 13.6. The van der Waals surface area contributed by atoms with Crippen LogP contribution in [0.3, 0.4) is 0 Å². The van der Waals surface area contributed by atoms with E-state index in [2.05, 4.69) is 16.6 Å². The molecule has 7 heteroatoms. The lowest BCUT2D eigenvalue weighted by Crippen LogP contribution is -2.12. The second-order valence-corrected chi connectivity index (χ2v) is 7.54. The SMILES string of the molecule is CCCCCNc1snc(N)c1S(=O)(=O)C1CC1. The second kappa shape index (κ2) is 5.44. The molecule has 0 atom stereocenters. The van der Waals surface area contributed by atoms with Crippen LogP contribution in [0.4, 0.5) is 10.8 Å². The van der Waals surface area contributed by atoms with Crippen molar-refractivity contribution in [3.8, 4) is 0 Å². The molecule has 1 saturated carbocycles. The number of aromatic nitrogens is 1. The van der Waals surface area contributed by atoms with Crippen LogP contribution in [-0.2, 0) is 9.84 Å². The van der Waals surface area contributed by atoms with Gasteiger partial charge in [-0.05, 0) is 30.8 Å². The molecule has 0 saturated heterocycles. The molecule has 1 fully saturated rings. The van der Waals surface area contributed by atoms with E-state index in [1.54, 1.807) is 0 Å². The Kier molecular flexibility index (Phi) is 4.11. The Balaban J connectivity index is 2.12. The van der Waals surface area contributed by atoms with Crippen LogP contribution in [0, 0.1) is 0 Å². The molecular weight excluding hydrogens is 270 g/mol. The van der Waals surface area contributed by atoms with Crippen LogP contribution < -0.4 is 11.1 Å². The number of nitrogens with zero attached hydrogens (tertiary/aromatic N) is 1. The minimum Gasteiger partial charge on any atom is -0.382 e. The van der Waals surface area contributed by atoms with Gasteiger partial charge in [-0.25, -0.2) is 8.42 Å². The average molecular weight is 289 g/mol. The molecule has 2 rings (SSSR count). The average Bonchev–Trinajstić information content (AvgIpc) is 3.10. The number of nitrogens with two attached hydrogens (primary N) is 1. The van der Waals surface area contributed by atoms with Gasteiger partial charge >= 0.3 is 0 Å². The number of sulfone groups is 1. The molecule has 1 aromatic heterocycles. The molecule has 3 N–H and O–H groups in total. The first-order chi connectivity index (χ1) is 8.57. The Bertz CT molecular complexity index is 506. The largest absolute Gasteiger partial charge is 0.382 e. The molecule has 1 aromatic rings. The number of unbranched alkanes of at least 4 members (excludes halogenated alkanes) is 2. The molecule has 1 heterocycles. The zero-order valence-electron chi connectivity index (χ0n) is 10.5. The zero-order valence-corrected chi connectivity index (χ0v) is 12.1. The number of hydrogen-bond donors (Lipinski definition) is 2. The van der Waals surface area contributed by atoms with Gasteiger partial charge in [0, 0.05) is 6.54 Å². The van der Waals surface area contributed by atoms with Gasteiger partial charge in [-0.15, -0.1) is 0 Å². The first-order valence-electron chi connectivity index (χ1n) is 6.30. The fourth-order valence-electron chi connectivity index (χ4n) is 1.80. The topological polar surface area (TPSA) is 85.1 Å². The van der Waals surface area contributed by atoms with E-state index in [1.165, 1.54) is 0 Å². The summed E-state index contributed by atoms with van der Waals surface area (Å²) in [5.74, 6) is 0.143. The molecule has 102 valence electrons. The Morgan fingerprint density at radius 3 is 2.78 bits per heavy atom. The van der Waals surface area contributed by atoms with E-state index in [4.69, 9.17) is 5.73 Å². The highest BCUT2D eigenvalue weighted by Gasteiger charge is 2.40. The van der Waals surface area contributed by atoms with Gasteiger partial charge in [-0.1, -0.05) is 19.8 Å². The van der Waals surface area contributed by atoms with E-state index < -0.39 is 9.84 Å². The summed E-state index contributed by atoms with van der Waals surface area (Å²) in [5.41, 5.74) is 5.70. The highest BCUT2D eigenvalue weighted by Crippen LogP contribution is 2.40. The van der Waals surface area contributed by atoms with E-state index in [-0.39, 0.29) is 16.0 Å². The summed E-state index contributed by atoms with van der Waals surface area (Å²) in [4.78, 5) is 0.228. The molecule has 18 heavy (non-hydrogen) atoms. The van der Waals surface area contributed by atoms with Gasteiger partial charge in [0.1, 0.15) is 9.90 Å². The minimum absolute atomic E-state index is 0.143. The van der Waals surface area contributed by atoms with Gasteiger partial charge < -0.3 is 11.1 Å². The van der Waals surface area contributed by atoms with Crippen molar-refractivity contribution in [1.82, 2.24) is 4.37 Å². The maximum absolute atomic E-state index is 12.2. The normalized spacial score (nSPS) is 15.8. The van der Waals surface area contributed by atoms with E-state index >= 15 is 0 Å². The fourth-order valence-corrected chi connectivity index (χ4v) is 4.71. The first-order valence-corrected chi connectivity index (χ1v) is 8.62. The van der Waals surface area contributed by atoms with Gasteiger partial charge in [-0.2, -0.15) is 4.37 Å². The predicted molar refractivity (Wildman–Crippen MR) is 74.7 cm³/mol. The molecule has 1 aliphatic rings. The second-order valence-electron chi connectivity index (χ2n) is 4.60. The summed E-state index contributed by atoms with van der Waals surface area (Å²) in [5, 5.41) is 3.52. The molecule has 0 amide bonds. The van der Waals surface area contributed by atoms with Crippen LogP contribution in [-0.4, -0.2) is 24.6 Å². The summed E-state index contributed by atoms with van der Waals surface area (Å²) < 4.78 is 28.4. The van der Waals surface area contributed by atoms with Crippen LogP contribution in [0.5, 0.6) is 0 Å². The molecule has 0 aliphatic heterocycles. The highest BCUT2D eigenvalue weighted by atomic mass is 32.2. The summed E-state index contributed by atoms with van der Waals surface area (Å²) in [7, 11) is -3.27. The fraction of sp³-hybridized carbons (Fsp3) is 0.727. The number of rotatable bonds is 7. The van der Waals surface area contributed by atoms with Crippen LogP contribution in [0.1, 0.15) is 39.0 Å². The van der Waals surface area contributed by atoms with Crippen molar-refractivity contribution in [2.45, 2.75) is 49.2 Å². The van der Waals surface area contributed by atoms with Crippen molar-refractivity contribution >= 4 is 32.2 Å². The summed E-state index contributed by atoms with van der Waals surface area (Å²) >= 11 is 1.14. The van der Waals surface area contributed by atoms with Crippen molar-refractivity contribution in [2.75, 3.05) is 17.6 Å². The Morgan fingerprint density at radius 2 is 2.17 bits per heavy atom. The van der Waals surface area contributed by atoms with Crippen molar-refractivity contribution in [3.63, 3.8) is 0 Å². The summed E-state index contributed by atoms with van der Waals surface area (Å²) in [6.07, 6.45) is 4.78. The highest BCUT2D eigenvalue weighted by molar-refractivity contribution is 7.92. The minimum atomic E-state index is -3.27. The van der Waals surface area contributed by atoms with E-state index in [0.717, 1.165) is 50.2 Å². The third-order valence-electron chi connectivity index (χ3n) is 2.99. The number of anilines is 2. The summed E-state index contributed by atoms with van der Waals surface area (Å²) in [6.45, 7) is 2.90. The van der Waals surface area contributed by atoms with Crippen LogP contribution >= 0.6 is 11.5 Å². The predicted octanol–water partition coefficient (Wildman–Crippen LogP) is 2.26. The molecule has 1 aliphatic carbocycles. The molecular formula is C11H19N3O2S2. The standard InChI is InChI=1S/C11H19N3O2S2/c1-2-3-4-7-13-11-9(10(12)14-17-11)18(15,16)8-5-6-8/h8,13H,2-7H2,1H3,(H2,12,14). The number of hydrogen-bond acceptors (Lipinski definition) is 6. The van der Waals surface area contributed by atoms with E-state index in [9.17, 15) is 8.42 Å². The lowest BCUT2D eigenvalue weighted by Gasteiger charge is -2.07. The molecule has 0 bridgehead atoms. The zero-order chi connectivity index (χ0) is 13.2. The van der Waals surface area contributed by atoms with Crippen LogP contribution in [0.2, 0.25) is 0 Å². The molecule has 0 aromatic carbocycles. The van der Waals surface area contributed by atoms with Gasteiger partial charge in [0.05, 0.1) is 5.25 Å². The molecule has 0 radical (unpaired) electrons. The third-order valence-corrected chi connectivity index (χ3v) is 6.27. The van der Waals surface area contributed by atoms with Crippen molar-refractivity contribution in [3.05, 3.63) is 0 Å². The molecule has 0 spiro atoms. The third kappa shape index (κ3) is 2.77. The van der Waals surface area contributed by atoms with Gasteiger partial charge in [-0.3, -0.25) is 0 Å². The Labute approximate surface area is 112 Å². The van der Waals surface area contributed by atoms with Crippen molar-refractivity contribution in [1.29, 1.82) is 0 Å². The van der Waals surface area contributed by atoms with Crippen LogP contribution in [0.25, 0.3) is 0 Å². The lowest BCUT2D eigenvalue weighted by atomic mass is 10.2. The maximum atomic E-state index is 12.2. The number of nitrogen functional groups attached to an aromatic ring is 1. The lowest BCUT2D eigenvalue weighted by molar-refractivity contribution is 0.595. The van der Waals surface area contributed by atoms with Crippen molar-refractivity contribution in [2.24, 2.45) is 0 Å². The van der Waals surface area contributed by atoms with Gasteiger partial charge in [0.15, 0.2) is 15.7 Å². The molecule has 0 unspecified atom stereocenters. The summed E-state index contributed by atoms with van der Waals surface area (Å²) in [6, 6.07) is 0. The number of nitrogens with one attached hydrogen (secondary N) is 1. The van der Waals surface area contributed by atoms with Gasteiger partial charge in [0.2, 0.25) is 0 Å². The smallest absolute Gasteiger partial charge is 0.187 e. The Hall–Kier alpha value is -0.820. The van der Waals surface area contributed by atoms with E-state index in [1.807, 2.05) is 0 Å². The van der Waals surface area contributed by atoms with Gasteiger partial charge in [0.25, 0.3) is 0 Å².